The van der Waals surface area contributed by atoms with Gasteiger partial charge in [0.25, 0.3) is 0 Å². The Hall–Kier alpha value is -1.99. The predicted octanol–water partition coefficient (Wildman–Crippen LogP) is 4.06. The second kappa shape index (κ2) is 8.35. The molecule has 4 nitrogen and oxygen atoms in total. The standard InChI is InChI=1S/C20H24F3N3O/c1-14(2)19-24-7-6-17(25-19)12-26-8-9-27-18(13-26)11-15-4-3-5-16(10-15)20(21,22)23/h3-7,10,14,18H,8-9,11-13H2,1-2H3/t18-/m0/s1. The van der Waals surface area contributed by atoms with Crippen LogP contribution in [-0.2, 0) is 23.9 Å². The normalized spacial score (nSPS) is 18.8. The number of halogens is 3. The first-order valence-corrected chi connectivity index (χ1v) is 9.13. The summed E-state index contributed by atoms with van der Waals surface area (Å²) in [5, 5.41) is 0. The van der Waals surface area contributed by atoms with Gasteiger partial charge in [0.2, 0.25) is 0 Å². The van der Waals surface area contributed by atoms with Crippen molar-refractivity contribution in [2.24, 2.45) is 0 Å². The van der Waals surface area contributed by atoms with Crippen LogP contribution < -0.4 is 0 Å². The fourth-order valence-electron chi connectivity index (χ4n) is 3.19. The molecular formula is C20H24F3N3O. The molecule has 1 fully saturated rings. The summed E-state index contributed by atoms with van der Waals surface area (Å²) in [5.41, 5.74) is 0.976. The molecule has 2 heterocycles. The van der Waals surface area contributed by atoms with Crippen LogP contribution in [0.2, 0.25) is 0 Å². The van der Waals surface area contributed by atoms with Crippen LogP contribution in [-0.4, -0.2) is 40.7 Å². The third-order valence-electron chi connectivity index (χ3n) is 4.57. The van der Waals surface area contributed by atoms with Gasteiger partial charge >= 0.3 is 6.18 Å². The summed E-state index contributed by atoms with van der Waals surface area (Å²) in [6.07, 6.45) is -2.22. The molecule has 2 aromatic rings. The molecule has 0 aliphatic carbocycles. The van der Waals surface area contributed by atoms with Crippen LogP contribution in [0.25, 0.3) is 0 Å². The molecule has 0 spiro atoms. The molecule has 1 aromatic carbocycles. The highest BCUT2D eigenvalue weighted by atomic mass is 19.4. The Labute approximate surface area is 157 Å². The molecule has 1 aromatic heterocycles. The molecule has 146 valence electrons. The van der Waals surface area contributed by atoms with Crippen molar-refractivity contribution in [1.29, 1.82) is 0 Å². The molecule has 0 saturated carbocycles. The Morgan fingerprint density at radius 1 is 1.26 bits per heavy atom. The molecule has 1 aliphatic heterocycles. The molecule has 1 saturated heterocycles. The Kier molecular flexibility index (Phi) is 6.11. The quantitative estimate of drug-likeness (QED) is 0.785. The second-order valence-corrected chi connectivity index (χ2v) is 7.19. The lowest BCUT2D eigenvalue weighted by Gasteiger charge is -2.33. The lowest BCUT2D eigenvalue weighted by Crippen LogP contribution is -2.43. The summed E-state index contributed by atoms with van der Waals surface area (Å²) in [4.78, 5) is 11.1. The van der Waals surface area contributed by atoms with E-state index < -0.39 is 11.7 Å². The van der Waals surface area contributed by atoms with E-state index >= 15 is 0 Å². The summed E-state index contributed by atoms with van der Waals surface area (Å²) < 4.78 is 44.4. The van der Waals surface area contributed by atoms with E-state index in [4.69, 9.17) is 4.74 Å². The Morgan fingerprint density at radius 2 is 2.07 bits per heavy atom. The van der Waals surface area contributed by atoms with Gasteiger partial charge in [-0.15, -0.1) is 0 Å². The van der Waals surface area contributed by atoms with Gasteiger partial charge in [-0.05, 0) is 24.1 Å². The zero-order valence-electron chi connectivity index (χ0n) is 15.5. The summed E-state index contributed by atoms with van der Waals surface area (Å²) in [6, 6.07) is 7.38. The van der Waals surface area contributed by atoms with Crippen LogP contribution in [0.1, 0.15) is 42.4 Å². The van der Waals surface area contributed by atoms with Crippen LogP contribution in [0, 0.1) is 0 Å². The number of rotatable bonds is 5. The van der Waals surface area contributed by atoms with Gasteiger partial charge in [-0.1, -0.05) is 32.0 Å². The third kappa shape index (κ3) is 5.49. The molecule has 27 heavy (non-hydrogen) atoms. The number of morpholine rings is 1. The van der Waals surface area contributed by atoms with Gasteiger partial charge in [0.15, 0.2) is 0 Å². The Bertz CT molecular complexity index is 764. The molecule has 0 amide bonds. The first-order valence-electron chi connectivity index (χ1n) is 9.13. The average molecular weight is 379 g/mol. The third-order valence-corrected chi connectivity index (χ3v) is 4.57. The summed E-state index contributed by atoms with van der Waals surface area (Å²) >= 11 is 0. The van der Waals surface area contributed by atoms with E-state index in [1.165, 1.54) is 12.1 Å². The van der Waals surface area contributed by atoms with Crippen LogP contribution >= 0.6 is 0 Å². The second-order valence-electron chi connectivity index (χ2n) is 7.19. The minimum atomic E-state index is -4.32. The SMILES string of the molecule is CC(C)c1nccc(CN2CCO[C@@H](Cc3cccc(C(F)(F)F)c3)C2)n1. The number of nitrogens with zero attached hydrogens (tertiary/aromatic N) is 3. The summed E-state index contributed by atoms with van der Waals surface area (Å²) in [5.74, 6) is 1.09. The monoisotopic (exact) mass is 379 g/mol. The number of benzene rings is 1. The number of hydrogen-bond donors (Lipinski definition) is 0. The van der Waals surface area contributed by atoms with Crippen molar-refractivity contribution in [3.8, 4) is 0 Å². The maximum atomic E-state index is 12.9. The Balaban J connectivity index is 1.62. The number of aromatic nitrogens is 2. The van der Waals surface area contributed by atoms with Gasteiger partial charge in [-0.25, -0.2) is 9.97 Å². The van der Waals surface area contributed by atoms with Crippen molar-refractivity contribution in [3.63, 3.8) is 0 Å². The average Bonchev–Trinajstić information content (AvgIpc) is 2.62. The summed E-state index contributed by atoms with van der Waals surface area (Å²) in [7, 11) is 0. The van der Waals surface area contributed by atoms with Gasteiger partial charge < -0.3 is 4.74 Å². The fraction of sp³-hybridized carbons (Fsp3) is 0.500. The highest BCUT2D eigenvalue weighted by molar-refractivity contribution is 5.26. The fourth-order valence-corrected chi connectivity index (χ4v) is 3.19. The van der Waals surface area contributed by atoms with Crippen molar-refractivity contribution in [1.82, 2.24) is 14.9 Å². The van der Waals surface area contributed by atoms with E-state index in [2.05, 4.69) is 28.7 Å². The highest BCUT2D eigenvalue weighted by Crippen LogP contribution is 2.30. The largest absolute Gasteiger partial charge is 0.416 e. The zero-order chi connectivity index (χ0) is 19.4. The van der Waals surface area contributed by atoms with Gasteiger partial charge in [-0.3, -0.25) is 4.90 Å². The lowest BCUT2D eigenvalue weighted by molar-refractivity contribution is -0.137. The predicted molar refractivity (Wildman–Crippen MR) is 96.3 cm³/mol. The maximum Gasteiger partial charge on any atom is 0.416 e. The minimum absolute atomic E-state index is 0.131. The van der Waals surface area contributed by atoms with Crippen molar-refractivity contribution in [2.45, 2.75) is 45.0 Å². The van der Waals surface area contributed by atoms with E-state index in [9.17, 15) is 13.2 Å². The van der Waals surface area contributed by atoms with E-state index in [0.29, 0.717) is 31.7 Å². The molecule has 0 unspecified atom stereocenters. The topological polar surface area (TPSA) is 38.2 Å². The highest BCUT2D eigenvalue weighted by Gasteiger charge is 2.30. The van der Waals surface area contributed by atoms with E-state index in [0.717, 1.165) is 24.1 Å². The first-order chi connectivity index (χ1) is 12.8. The van der Waals surface area contributed by atoms with Crippen molar-refractivity contribution >= 4 is 0 Å². The lowest BCUT2D eigenvalue weighted by atomic mass is 10.0. The smallest absolute Gasteiger partial charge is 0.375 e. The summed E-state index contributed by atoms with van der Waals surface area (Å²) in [6.45, 7) is 6.80. The first kappa shape index (κ1) is 19.8. The molecule has 7 heteroatoms. The van der Waals surface area contributed by atoms with Gasteiger partial charge in [0, 0.05) is 31.7 Å². The number of ether oxygens (including phenoxy) is 1. The van der Waals surface area contributed by atoms with Gasteiger partial charge in [0.05, 0.1) is 24.0 Å². The van der Waals surface area contributed by atoms with Crippen LogP contribution in [0.4, 0.5) is 13.2 Å². The van der Waals surface area contributed by atoms with E-state index in [1.54, 1.807) is 12.3 Å². The van der Waals surface area contributed by atoms with Crippen molar-refractivity contribution < 1.29 is 17.9 Å². The minimum Gasteiger partial charge on any atom is -0.375 e. The molecule has 3 rings (SSSR count). The molecule has 1 atom stereocenters. The maximum absolute atomic E-state index is 12.9. The number of hydrogen-bond acceptors (Lipinski definition) is 4. The van der Waals surface area contributed by atoms with E-state index in [1.807, 2.05) is 6.07 Å². The van der Waals surface area contributed by atoms with Crippen LogP contribution in [0.5, 0.6) is 0 Å². The van der Waals surface area contributed by atoms with Gasteiger partial charge in [-0.2, -0.15) is 13.2 Å². The molecular weight excluding hydrogens is 355 g/mol. The molecule has 0 radical (unpaired) electrons. The molecule has 0 bridgehead atoms. The van der Waals surface area contributed by atoms with E-state index in [-0.39, 0.29) is 12.0 Å². The molecule has 0 N–H and O–H groups in total. The van der Waals surface area contributed by atoms with Gasteiger partial charge in [0.1, 0.15) is 5.82 Å². The Morgan fingerprint density at radius 3 is 2.81 bits per heavy atom. The molecule has 1 aliphatic rings. The zero-order valence-corrected chi connectivity index (χ0v) is 15.5. The number of alkyl halides is 3. The van der Waals surface area contributed by atoms with Crippen LogP contribution in [0.15, 0.2) is 36.5 Å². The van der Waals surface area contributed by atoms with Crippen LogP contribution in [0.3, 0.4) is 0 Å². The van der Waals surface area contributed by atoms with Crippen molar-refractivity contribution in [2.75, 3.05) is 19.7 Å². The van der Waals surface area contributed by atoms with Crippen molar-refractivity contribution in [3.05, 3.63) is 59.2 Å².